The first-order chi connectivity index (χ1) is 10.8. The van der Waals surface area contributed by atoms with Crippen LogP contribution in [0.4, 0.5) is 17.1 Å². The highest BCUT2D eigenvalue weighted by Gasteiger charge is 2.34. The zero-order chi connectivity index (χ0) is 17.1. The van der Waals surface area contributed by atoms with Gasteiger partial charge in [-0.1, -0.05) is 0 Å². The summed E-state index contributed by atoms with van der Waals surface area (Å²) in [6.45, 7) is 0.178. The Bertz CT molecular complexity index is 701. The van der Waals surface area contributed by atoms with Crippen LogP contribution >= 0.6 is 0 Å². The fourth-order valence-electron chi connectivity index (χ4n) is 2.45. The fraction of sp³-hybridized carbons (Fsp3) is 0.385. The number of carbonyl (C=O) groups is 2. The van der Waals surface area contributed by atoms with E-state index in [9.17, 15) is 29.8 Å². The molecule has 0 aliphatic carbocycles. The van der Waals surface area contributed by atoms with Gasteiger partial charge in [-0.15, -0.1) is 0 Å². The molecule has 10 nitrogen and oxygen atoms in total. The number of nitrogens with zero attached hydrogens (tertiary/aromatic N) is 3. The highest BCUT2D eigenvalue weighted by molar-refractivity contribution is 5.99. The first-order valence-electron chi connectivity index (χ1n) is 6.68. The van der Waals surface area contributed by atoms with E-state index in [1.165, 1.54) is 18.1 Å². The average Bonchev–Trinajstić information content (AvgIpc) is 2.94. The lowest BCUT2D eigenvalue weighted by Gasteiger charge is -2.16. The number of anilines is 1. The number of fused-ring (bicyclic) bond motifs is 1. The van der Waals surface area contributed by atoms with Crippen LogP contribution in [0.2, 0.25) is 0 Å². The van der Waals surface area contributed by atoms with Gasteiger partial charge in [0, 0.05) is 19.0 Å². The topological polar surface area (TPSA) is 133 Å². The van der Waals surface area contributed by atoms with Gasteiger partial charge < -0.3 is 9.64 Å². The standard InChI is InChI=1S/C13H13N3O7/c1-23-12(18)3-2-11(17)14-5-4-8-6-9(15(19)20)7-10(13(8)14)16(21)22/h6-7H,2-5H2,1H3. The second-order valence-corrected chi connectivity index (χ2v) is 4.86. The number of nitro benzene ring substituents is 2. The van der Waals surface area contributed by atoms with Crippen LogP contribution in [0.5, 0.6) is 0 Å². The molecule has 0 saturated carbocycles. The van der Waals surface area contributed by atoms with Gasteiger partial charge in [-0.25, -0.2) is 0 Å². The lowest BCUT2D eigenvalue weighted by atomic mass is 10.1. The van der Waals surface area contributed by atoms with Gasteiger partial charge in [0.05, 0.1) is 29.4 Å². The van der Waals surface area contributed by atoms with Crippen LogP contribution in [0.15, 0.2) is 12.1 Å². The summed E-state index contributed by atoms with van der Waals surface area (Å²) in [5.74, 6) is -1.03. The Morgan fingerprint density at radius 3 is 2.48 bits per heavy atom. The average molecular weight is 323 g/mol. The number of rotatable bonds is 5. The summed E-state index contributed by atoms with van der Waals surface area (Å²) < 4.78 is 4.44. The Morgan fingerprint density at radius 2 is 1.91 bits per heavy atom. The number of methoxy groups -OCH3 is 1. The van der Waals surface area contributed by atoms with E-state index < -0.39 is 27.4 Å². The van der Waals surface area contributed by atoms with E-state index in [2.05, 4.69) is 4.74 Å². The van der Waals surface area contributed by atoms with Crippen LogP contribution in [0.3, 0.4) is 0 Å². The third-order valence-corrected chi connectivity index (χ3v) is 3.51. The summed E-state index contributed by atoms with van der Waals surface area (Å²) in [5, 5.41) is 22.0. The van der Waals surface area contributed by atoms with Gasteiger partial charge in [0.15, 0.2) is 0 Å². The first-order valence-corrected chi connectivity index (χ1v) is 6.68. The summed E-state index contributed by atoms with van der Waals surface area (Å²) in [7, 11) is 1.20. The van der Waals surface area contributed by atoms with Crippen LogP contribution in [-0.2, 0) is 20.7 Å². The number of ether oxygens (including phenoxy) is 1. The number of amides is 1. The van der Waals surface area contributed by atoms with Gasteiger partial charge in [-0.3, -0.25) is 29.8 Å². The molecule has 0 spiro atoms. The largest absolute Gasteiger partial charge is 0.469 e. The normalized spacial score (nSPS) is 12.7. The van der Waals surface area contributed by atoms with Gasteiger partial charge in [0.2, 0.25) is 5.91 Å². The predicted octanol–water partition coefficient (Wildman–Crippen LogP) is 1.35. The summed E-state index contributed by atoms with van der Waals surface area (Å²) >= 11 is 0. The van der Waals surface area contributed by atoms with E-state index in [1.54, 1.807) is 0 Å². The van der Waals surface area contributed by atoms with Crippen LogP contribution in [-0.4, -0.2) is 35.4 Å². The molecule has 0 bridgehead atoms. The molecule has 1 aromatic rings. The number of carbonyl (C=O) groups excluding carboxylic acids is 2. The van der Waals surface area contributed by atoms with Crippen LogP contribution in [0.1, 0.15) is 18.4 Å². The molecule has 122 valence electrons. The number of non-ortho nitro benzene ring substituents is 1. The Kier molecular flexibility index (Phi) is 4.53. The van der Waals surface area contributed by atoms with Crippen molar-refractivity contribution in [2.24, 2.45) is 0 Å². The van der Waals surface area contributed by atoms with Gasteiger partial charge in [-0.2, -0.15) is 0 Å². The lowest BCUT2D eigenvalue weighted by Crippen LogP contribution is -2.29. The molecule has 0 unspecified atom stereocenters. The predicted molar refractivity (Wildman–Crippen MR) is 77.1 cm³/mol. The van der Waals surface area contributed by atoms with Crippen LogP contribution in [0, 0.1) is 20.2 Å². The SMILES string of the molecule is COC(=O)CCC(=O)N1CCc2cc([N+](=O)[O-])cc([N+](=O)[O-])c21. The molecule has 1 aromatic carbocycles. The number of esters is 1. The molecule has 10 heteroatoms. The Balaban J connectivity index is 2.34. The van der Waals surface area contributed by atoms with Gasteiger partial charge in [0.1, 0.15) is 5.69 Å². The van der Waals surface area contributed by atoms with E-state index in [1.807, 2.05) is 0 Å². The van der Waals surface area contributed by atoms with Crippen molar-refractivity contribution in [3.05, 3.63) is 37.9 Å². The minimum Gasteiger partial charge on any atom is -0.469 e. The van der Waals surface area contributed by atoms with E-state index >= 15 is 0 Å². The van der Waals surface area contributed by atoms with Crippen molar-refractivity contribution in [1.29, 1.82) is 0 Å². The molecule has 1 aliphatic heterocycles. The zero-order valence-corrected chi connectivity index (χ0v) is 12.2. The van der Waals surface area contributed by atoms with Crippen molar-refractivity contribution in [3.8, 4) is 0 Å². The highest BCUT2D eigenvalue weighted by atomic mass is 16.6. The lowest BCUT2D eigenvalue weighted by molar-refractivity contribution is -0.393. The maximum Gasteiger partial charge on any atom is 0.306 e. The third-order valence-electron chi connectivity index (χ3n) is 3.51. The molecule has 23 heavy (non-hydrogen) atoms. The summed E-state index contributed by atoms with van der Waals surface area (Å²) in [6, 6.07) is 2.07. The summed E-state index contributed by atoms with van der Waals surface area (Å²) in [6.07, 6.45) is -0.00990. The van der Waals surface area contributed by atoms with Crippen molar-refractivity contribution in [2.45, 2.75) is 19.3 Å². The molecule has 0 radical (unpaired) electrons. The number of nitro groups is 2. The highest BCUT2D eigenvalue weighted by Crippen LogP contribution is 2.40. The van der Waals surface area contributed by atoms with E-state index in [0.717, 1.165) is 6.07 Å². The van der Waals surface area contributed by atoms with Crippen LogP contribution in [0.25, 0.3) is 0 Å². The van der Waals surface area contributed by atoms with Gasteiger partial charge in [0.25, 0.3) is 11.4 Å². The fourth-order valence-corrected chi connectivity index (χ4v) is 2.45. The first kappa shape index (κ1) is 16.3. The minimum atomic E-state index is -0.752. The molecule has 1 aliphatic rings. The molecule has 1 heterocycles. The zero-order valence-electron chi connectivity index (χ0n) is 12.2. The molecule has 0 N–H and O–H groups in total. The van der Waals surface area contributed by atoms with Gasteiger partial charge in [-0.05, 0) is 12.0 Å². The molecule has 2 rings (SSSR count). The summed E-state index contributed by atoms with van der Waals surface area (Å²) in [5.41, 5.74) is -0.440. The Hall–Kier alpha value is -3.04. The number of hydrogen-bond donors (Lipinski definition) is 0. The maximum absolute atomic E-state index is 12.2. The second-order valence-electron chi connectivity index (χ2n) is 4.86. The van der Waals surface area contributed by atoms with Crippen molar-refractivity contribution in [3.63, 3.8) is 0 Å². The van der Waals surface area contributed by atoms with E-state index in [0.29, 0.717) is 5.56 Å². The van der Waals surface area contributed by atoms with E-state index in [-0.39, 0.29) is 37.2 Å². The van der Waals surface area contributed by atoms with E-state index in [4.69, 9.17) is 0 Å². The Morgan fingerprint density at radius 1 is 1.22 bits per heavy atom. The number of hydrogen-bond acceptors (Lipinski definition) is 7. The molecule has 0 aromatic heterocycles. The summed E-state index contributed by atoms with van der Waals surface area (Å²) in [4.78, 5) is 45.0. The molecule has 0 fully saturated rings. The smallest absolute Gasteiger partial charge is 0.306 e. The monoisotopic (exact) mass is 323 g/mol. The molecule has 0 saturated heterocycles. The molecular weight excluding hydrogens is 310 g/mol. The van der Waals surface area contributed by atoms with Crippen molar-refractivity contribution in [1.82, 2.24) is 0 Å². The van der Waals surface area contributed by atoms with Crippen molar-refractivity contribution >= 4 is 28.9 Å². The van der Waals surface area contributed by atoms with Gasteiger partial charge >= 0.3 is 5.97 Å². The van der Waals surface area contributed by atoms with Crippen molar-refractivity contribution < 1.29 is 24.2 Å². The molecule has 0 atom stereocenters. The molecule has 1 amide bonds. The third kappa shape index (κ3) is 3.25. The number of benzene rings is 1. The van der Waals surface area contributed by atoms with Crippen molar-refractivity contribution in [2.75, 3.05) is 18.6 Å². The maximum atomic E-state index is 12.2. The quantitative estimate of drug-likeness (QED) is 0.453. The molecular formula is C13H13N3O7. The van der Waals surface area contributed by atoms with Crippen LogP contribution < -0.4 is 4.90 Å². The second kappa shape index (κ2) is 6.38. The Labute approximate surface area is 129 Å². The minimum absolute atomic E-state index is 0.0652.